The molecule has 0 saturated carbocycles. The fourth-order valence-corrected chi connectivity index (χ4v) is 8.22. The summed E-state index contributed by atoms with van der Waals surface area (Å²) < 4.78 is 42.4. The zero-order valence-corrected chi connectivity index (χ0v) is 28.8. The van der Waals surface area contributed by atoms with Crippen molar-refractivity contribution in [2.45, 2.75) is 10.8 Å². The number of hydrogen-bond acceptors (Lipinski definition) is 5. The molecule has 0 radical (unpaired) electrons. The van der Waals surface area contributed by atoms with Crippen LogP contribution in [0.4, 0.5) is 0 Å². The molecule has 246 valence electrons. The van der Waals surface area contributed by atoms with Gasteiger partial charge in [0.15, 0.2) is 0 Å². The summed E-state index contributed by atoms with van der Waals surface area (Å²) in [5.41, 5.74) is 3.81. The molecule has 9 heteroatoms. The number of hydrogen-bond donors (Lipinski definition) is 0. The van der Waals surface area contributed by atoms with E-state index < -0.39 is 27.6 Å². The highest BCUT2D eigenvalue weighted by atomic mass is 35.5. The summed E-state index contributed by atoms with van der Waals surface area (Å²) >= 11 is 12.7. The molecular weight excluding hydrogens is 689 g/mol. The van der Waals surface area contributed by atoms with Crippen LogP contribution in [-0.2, 0) is 17.2 Å². The fourth-order valence-electron chi connectivity index (χ4n) is 6.87. The second-order valence-corrected chi connectivity index (χ2v) is 14.4. The van der Waals surface area contributed by atoms with Gasteiger partial charge in [0.2, 0.25) is 0 Å². The summed E-state index contributed by atoms with van der Waals surface area (Å²) in [6.45, 7) is 0. The molecule has 6 nitrogen and oxygen atoms in total. The Hall–Kier alpha value is -5.34. The summed E-state index contributed by atoms with van der Waals surface area (Å²) in [5.74, 6) is -0.824. The number of rotatable bonds is 7. The lowest BCUT2D eigenvalue weighted by atomic mass is 9.84. The van der Waals surface area contributed by atoms with Crippen LogP contribution >= 0.6 is 23.2 Å². The Morgan fingerprint density at radius 1 is 0.620 bits per heavy atom. The van der Waals surface area contributed by atoms with Gasteiger partial charge in [0, 0.05) is 55.9 Å². The molecule has 0 fully saturated rings. The normalized spacial score (nSPS) is 11.9. The largest absolute Gasteiger partial charge is 0.388 e. The Bertz CT molecular complexity index is 2700. The minimum Gasteiger partial charge on any atom is -0.388 e. The molecule has 0 spiro atoms. The molecule has 0 saturated heterocycles. The number of para-hydroxylation sites is 1. The minimum absolute atomic E-state index is 0.0456. The average Bonchev–Trinajstić information content (AvgIpc) is 3.41. The molecule has 0 amide bonds. The predicted molar refractivity (Wildman–Crippen MR) is 200 cm³/mol. The van der Waals surface area contributed by atoms with E-state index in [1.54, 1.807) is 42.5 Å². The first-order chi connectivity index (χ1) is 24.2. The third-order valence-electron chi connectivity index (χ3n) is 9.09. The van der Waals surface area contributed by atoms with E-state index in [9.17, 15) is 13.2 Å². The van der Waals surface area contributed by atoms with Crippen LogP contribution in [0.25, 0.3) is 43.6 Å². The highest BCUT2D eigenvalue weighted by Crippen LogP contribution is 2.48. The van der Waals surface area contributed by atoms with Crippen LogP contribution in [0.1, 0.15) is 22.7 Å². The number of halogens is 2. The Kier molecular flexibility index (Phi) is 7.99. The van der Waals surface area contributed by atoms with Gasteiger partial charge < -0.3 is 13.2 Å². The van der Waals surface area contributed by atoms with Gasteiger partial charge in [0.05, 0.1) is 10.9 Å². The van der Waals surface area contributed by atoms with Gasteiger partial charge in [-0.1, -0.05) is 120 Å². The van der Waals surface area contributed by atoms with Crippen LogP contribution in [-0.4, -0.2) is 13.0 Å². The number of fused-ring (bicyclic) bond motifs is 3. The van der Waals surface area contributed by atoms with Crippen molar-refractivity contribution in [3.05, 3.63) is 177 Å². The maximum absolute atomic E-state index is 14.2. The molecule has 8 rings (SSSR count). The molecule has 6 aromatic carbocycles. The third-order valence-corrected chi connectivity index (χ3v) is 10.9. The first kappa shape index (κ1) is 31.9. The van der Waals surface area contributed by atoms with Gasteiger partial charge in [0.1, 0.15) is 4.90 Å². The van der Waals surface area contributed by atoms with Gasteiger partial charge in [-0.05, 0) is 59.0 Å². The lowest BCUT2D eigenvalue weighted by Gasteiger charge is -2.23. The smallest absolute Gasteiger partial charge is 0.346 e. The van der Waals surface area contributed by atoms with Gasteiger partial charge in [-0.15, -0.1) is 0 Å². The molecule has 0 aliphatic carbocycles. The minimum atomic E-state index is -4.52. The van der Waals surface area contributed by atoms with Crippen molar-refractivity contribution in [2.24, 2.45) is 7.05 Å². The molecule has 8 aromatic rings. The second-order valence-electron chi connectivity index (χ2n) is 12.0. The van der Waals surface area contributed by atoms with Crippen LogP contribution in [0.3, 0.4) is 0 Å². The van der Waals surface area contributed by atoms with E-state index in [1.165, 1.54) is 6.07 Å². The summed E-state index contributed by atoms with van der Waals surface area (Å²) in [5, 5.41) is 3.96. The van der Waals surface area contributed by atoms with Crippen molar-refractivity contribution in [3.8, 4) is 17.1 Å². The van der Waals surface area contributed by atoms with Crippen molar-refractivity contribution in [1.82, 2.24) is 4.57 Å². The first-order valence-electron chi connectivity index (χ1n) is 15.8. The molecule has 0 atom stereocenters. The highest BCUT2D eigenvalue weighted by Gasteiger charge is 2.33. The topological polar surface area (TPSA) is 78.5 Å². The Morgan fingerprint density at radius 3 is 1.82 bits per heavy atom. The highest BCUT2D eigenvalue weighted by molar-refractivity contribution is 7.87. The van der Waals surface area contributed by atoms with E-state index in [1.807, 2.05) is 98.0 Å². The molecular formula is C41H27Cl2NO5S. The molecule has 0 unspecified atom stereocenters. The number of benzene rings is 6. The van der Waals surface area contributed by atoms with Crippen LogP contribution in [0, 0.1) is 0 Å². The van der Waals surface area contributed by atoms with E-state index >= 15 is 0 Å². The van der Waals surface area contributed by atoms with E-state index in [2.05, 4.69) is 4.57 Å². The van der Waals surface area contributed by atoms with Crippen LogP contribution in [0.5, 0.6) is 5.95 Å². The van der Waals surface area contributed by atoms with Crippen molar-refractivity contribution >= 4 is 65.8 Å². The SMILES string of the molecule is Cn1c(C(c2ccc(Cl)cc2)c2ccc(Cl)cc2)c(-c2c(OS(=O)(=O)c3cccc4ccccc34)oc(=O)c3ccccc23)c2ccccc21. The monoisotopic (exact) mass is 715 g/mol. The summed E-state index contributed by atoms with van der Waals surface area (Å²) in [7, 11) is -2.55. The van der Waals surface area contributed by atoms with Crippen molar-refractivity contribution in [3.63, 3.8) is 0 Å². The average molecular weight is 717 g/mol. The maximum atomic E-state index is 14.2. The maximum Gasteiger partial charge on any atom is 0.346 e. The standard InChI is InChI=1S/C41H27Cl2NO5S/c1-44-34-15-7-6-14-33(34)37(39(44)36(26-17-21-28(42)22-18-26)27-19-23-29(43)24-20-27)38-31-12-4-5-13-32(31)40(45)48-41(38)49-50(46,47)35-16-8-10-25-9-2-3-11-30(25)35/h2-24,36H,1H3. The van der Waals surface area contributed by atoms with Gasteiger partial charge in [0.25, 0.3) is 0 Å². The zero-order valence-electron chi connectivity index (χ0n) is 26.5. The first-order valence-corrected chi connectivity index (χ1v) is 17.9. The molecule has 0 bridgehead atoms. The second kappa shape index (κ2) is 12.5. The van der Waals surface area contributed by atoms with Crippen molar-refractivity contribution < 1.29 is 17.0 Å². The molecule has 50 heavy (non-hydrogen) atoms. The van der Waals surface area contributed by atoms with Gasteiger partial charge >= 0.3 is 21.7 Å². The van der Waals surface area contributed by atoms with E-state index in [-0.39, 0.29) is 10.3 Å². The molecule has 0 N–H and O–H groups in total. The predicted octanol–water partition coefficient (Wildman–Crippen LogP) is 10.4. The van der Waals surface area contributed by atoms with Crippen LogP contribution < -0.4 is 9.81 Å². The van der Waals surface area contributed by atoms with Crippen molar-refractivity contribution in [2.75, 3.05) is 0 Å². The third kappa shape index (κ3) is 5.44. The number of aryl methyl sites for hydroxylation is 1. The lowest BCUT2D eigenvalue weighted by molar-refractivity contribution is 0.364. The van der Waals surface area contributed by atoms with Gasteiger partial charge in [-0.3, -0.25) is 0 Å². The molecule has 2 aromatic heterocycles. The molecule has 0 aliphatic rings. The van der Waals surface area contributed by atoms with E-state index in [0.29, 0.717) is 31.9 Å². The zero-order chi connectivity index (χ0) is 34.6. The van der Waals surface area contributed by atoms with Gasteiger partial charge in [-0.25, -0.2) is 4.79 Å². The van der Waals surface area contributed by atoms with Crippen LogP contribution in [0.2, 0.25) is 10.0 Å². The lowest BCUT2D eigenvalue weighted by Crippen LogP contribution is -2.14. The molecule has 2 heterocycles. The Morgan fingerprint density at radius 2 is 1.16 bits per heavy atom. The Balaban J connectivity index is 1.47. The summed E-state index contributed by atoms with van der Waals surface area (Å²) in [6, 6.07) is 42.1. The summed E-state index contributed by atoms with van der Waals surface area (Å²) in [6.07, 6.45) is 0. The van der Waals surface area contributed by atoms with E-state index in [4.69, 9.17) is 31.8 Å². The van der Waals surface area contributed by atoms with Gasteiger partial charge in [-0.2, -0.15) is 8.42 Å². The fraction of sp³-hybridized carbons (Fsp3) is 0.0488. The van der Waals surface area contributed by atoms with Crippen LogP contribution in [0.15, 0.2) is 154 Å². The quantitative estimate of drug-likeness (QED) is 0.154. The summed E-state index contributed by atoms with van der Waals surface area (Å²) in [4.78, 5) is 13.5. The molecule has 0 aliphatic heterocycles. The number of aromatic nitrogens is 1. The van der Waals surface area contributed by atoms with E-state index in [0.717, 1.165) is 33.1 Å². The van der Waals surface area contributed by atoms with Crippen molar-refractivity contribution in [1.29, 1.82) is 0 Å². The Labute approximate surface area is 297 Å². The number of nitrogens with zero attached hydrogens (tertiary/aromatic N) is 1.